The minimum atomic E-state index is 0.371. The van der Waals surface area contributed by atoms with Crippen molar-refractivity contribution in [3.05, 3.63) is 123 Å². The molecule has 2 aliphatic heterocycles. The normalized spacial score (nSPS) is 24.2. The molecule has 0 bridgehead atoms. The van der Waals surface area contributed by atoms with Gasteiger partial charge in [-0.1, -0.05) is 71.8 Å². The first kappa shape index (κ1) is 25.3. The SMILES string of the molecule is CC1=Cc2c(cccc2N2C3=C(CCC=C3)CCC2C)C1S[C@H]1C(C)=Cc2c1cccc2N1CCc2ccccc21. The first-order chi connectivity index (χ1) is 20.1. The Hall–Kier alpha value is -3.43. The Balaban J connectivity index is 1.13. The molecule has 206 valence electrons. The van der Waals surface area contributed by atoms with Crippen LogP contribution in [0.5, 0.6) is 0 Å². The summed E-state index contributed by atoms with van der Waals surface area (Å²) in [7, 11) is 0. The molecule has 3 aromatic carbocycles. The molecule has 8 rings (SSSR count). The van der Waals surface area contributed by atoms with Gasteiger partial charge in [0.05, 0.1) is 10.5 Å². The van der Waals surface area contributed by atoms with E-state index in [2.05, 4.69) is 127 Å². The third-order valence-corrected chi connectivity index (χ3v) is 11.7. The number of benzene rings is 3. The highest BCUT2D eigenvalue weighted by molar-refractivity contribution is 8.00. The average Bonchev–Trinajstić information content (AvgIpc) is 3.66. The lowest BCUT2D eigenvalue weighted by atomic mass is 9.89. The zero-order valence-electron chi connectivity index (χ0n) is 24.4. The topological polar surface area (TPSA) is 6.48 Å². The summed E-state index contributed by atoms with van der Waals surface area (Å²) >= 11 is 2.13. The van der Waals surface area contributed by atoms with Gasteiger partial charge in [0.1, 0.15) is 0 Å². The van der Waals surface area contributed by atoms with Crippen molar-refractivity contribution in [3.8, 4) is 0 Å². The summed E-state index contributed by atoms with van der Waals surface area (Å²) in [6.45, 7) is 8.15. The van der Waals surface area contributed by atoms with Crippen LogP contribution in [0.15, 0.2) is 95.2 Å². The fourth-order valence-corrected chi connectivity index (χ4v) is 9.40. The van der Waals surface area contributed by atoms with E-state index < -0.39 is 0 Å². The maximum Gasteiger partial charge on any atom is 0.0523 e. The predicted octanol–water partition coefficient (Wildman–Crippen LogP) is 10.3. The number of allylic oxidation sites excluding steroid dienone is 3. The van der Waals surface area contributed by atoms with E-state index in [0.717, 1.165) is 13.0 Å². The molecule has 2 unspecified atom stereocenters. The molecule has 3 atom stereocenters. The summed E-state index contributed by atoms with van der Waals surface area (Å²) in [4.78, 5) is 5.19. The van der Waals surface area contributed by atoms with Gasteiger partial charge in [0.25, 0.3) is 0 Å². The number of para-hydroxylation sites is 1. The highest BCUT2D eigenvalue weighted by atomic mass is 32.2. The van der Waals surface area contributed by atoms with E-state index in [1.54, 1.807) is 5.57 Å². The zero-order valence-corrected chi connectivity index (χ0v) is 25.2. The summed E-state index contributed by atoms with van der Waals surface area (Å²) in [5.74, 6) is 0. The van der Waals surface area contributed by atoms with Crippen molar-refractivity contribution in [2.75, 3.05) is 16.3 Å². The van der Waals surface area contributed by atoms with Crippen molar-refractivity contribution in [2.24, 2.45) is 0 Å². The van der Waals surface area contributed by atoms with Crippen molar-refractivity contribution in [1.29, 1.82) is 0 Å². The summed E-state index contributed by atoms with van der Waals surface area (Å²) in [6, 6.07) is 23.4. The third kappa shape index (κ3) is 4.00. The molecule has 0 fully saturated rings. The van der Waals surface area contributed by atoms with Gasteiger partial charge in [0, 0.05) is 46.5 Å². The van der Waals surface area contributed by atoms with Crippen molar-refractivity contribution in [1.82, 2.24) is 0 Å². The van der Waals surface area contributed by atoms with Crippen LogP contribution >= 0.6 is 11.8 Å². The molecule has 3 aliphatic carbocycles. The molecule has 0 N–H and O–H groups in total. The smallest absolute Gasteiger partial charge is 0.0523 e. The second-order valence-corrected chi connectivity index (χ2v) is 13.7. The van der Waals surface area contributed by atoms with Gasteiger partial charge in [-0.15, -0.1) is 11.8 Å². The molecule has 2 heterocycles. The molecule has 0 amide bonds. The zero-order chi connectivity index (χ0) is 27.7. The quantitative estimate of drug-likeness (QED) is 0.317. The second-order valence-electron chi connectivity index (χ2n) is 12.5. The van der Waals surface area contributed by atoms with Crippen molar-refractivity contribution < 1.29 is 0 Å². The van der Waals surface area contributed by atoms with Gasteiger partial charge in [-0.05, 0) is 99.4 Å². The average molecular weight is 555 g/mol. The highest BCUT2D eigenvalue weighted by Crippen LogP contribution is 2.57. The summed E-state index contributed by atoms with van der Waals surface area (Å²) in [6.07, 6.45) is 15.7. The highest BCUT2D eigenvalue weighted by Gasteiger charge is 2.36. The molecule has 3 heteroatoms. The molecule has 5 aliphatic rings. The molecule has 0 saturated carbocycles. The largest absolute Gasteiger partial charge is 0.340 e. The Morgan fingerprint density at radius 3 is 2.20 bits per heavy atom. The Bertz CT molecular complexity index is 1690. The molecule has 2 nitrogen and oxygen atoms in total. The second kappa shape index (κ2) is 9.84. The van der Waals surface area contributed by atoms with Crippen LogP contribution < -0.4 is 9.80 Å². The Labute approximate surface area is 249 Å². The number of nitrogens with zero attached hydrogens (tertiary/aromatic N) is 2. The third-order valence-electron chi connectivity index (χ3n) is 9.89. The number of hydrogen-bond acceptors (Lipinski definition) is 3. The maximum atomic E-state index is 2.65. The molecule has 41 heavy (non-hydrogen) atoms. The van der Waals surface area contributed by atoms with Crippen LogP contribution in [0.4, 0.5) is 17.1 Å². The fraction of sp³-hybridized carbons (Fsp3) is 0.316. The number of anilines is 3. The minimum absolute atomic E-state index is 0.371. The van der Waals surface area contributed by atoms with Gasteiger partial charge in [-0.3, -0.25) is 0 Å². The standard InChI is InChI=1S/C38H38N2S/c1-24-22-31-29(12-8-16-35(31)39-21-20-28-11-4-6-14-33(28)39)37(24)41-38-25(2)23-32-30(38)13-9-17-36(32)40-26(3)18-19-27-10-5-7-15-34(27)40/h4,6-9,11-17,22-23,26,37-38H,5,10,18-21H2,1-3H3/t26?,37-,38?/m0/s1. The van der Waals surface area contributed by atoms with E-state index in [-0.39, 0.29) is 0 Å². The van der Waals surface area contributed by atoms with Gasteiger partial charge in [0.2, 0.25) is 0 Å². The van der Waals surface area contributed by atoms with Crippen LogP contribution in [-0.4, -0.2) is 12.6 Å². The Kier molecular flexibility index (Phi) is 6.07. The van der Waals surface area contributed by atoms with Gasteiger partial charge in [-0.2, -0.15) is 0 Å². The Morgan fingerprint density at radius 1 is 0.732 bits per heavy atom. The van der Waals surface area contributed by atoms with E-state index >= 15 is 0 Å². The van der Waals surface area contributed by atoms with E-state index in [9.17, 15) is 0 Å². The van der Waals surface area contributed by atoms with Crippen molar-refractivity contribution in [2.45, 2.75) is 69.4 Å². The van der Waals surface area contributed by atoms with E-state index in [4.69, 9.17) is 0 Å². The molecule has 0 radical (unpaired) electrons. The van der Waals surface area contributed by atoms with Crippen molar-refractivity contribution in [3.63, 3.8) is 0 Å². The number of rotatable bonds is 4. The van der Waals surface area contributed by atoms with Crippen LogP contribution in [-0.2, 0) is 6.42 Å². The van der Waals surface area contributed by atoms with E-state index in [1.165, 1.54) is 87.4 Å². The van der Waals surface area contributed by atoms with E-state index in [1.807, 2.05) is 0 Å². The number of fused-ring (bicyclic) bond motifs is 3. The van der Waals surface area contributed by atoms with Crippen LogP contribution in [0.3, 0.4) is 0 Å². The fourth-order valence-electron chi connectivity index (χ4n) is 7.86. The van der Waals surface area contributed by atoms with Crippen LogP contribution in [0.2, 0.25) is 0 Å². The first-order valence-electron chi connectivity index (χ1n) is 15.4. The molecule has 0 spiro atoms. The predicted molar refractivity (Wildman–Crippen MR) is 177 cm³/mol. The van der Waals surface area contributed by atoms with Gasteiger partial charge >= 0.3 is 0 Å². The summed E-state index contributed by atoms with van der Waals surface area (Å²) < 4.78 is 0. The van der Waals surface area contributed by atoms with Gasteiger partial charge in [-0.25, -0.2) is 0 Å². The van der Waals surface area contributed by atoms with Crippen molar-refractivity contribution >= 4 is 41.0 Å². The molecule has 0 aromatic heterocycles. The van der Waals surface area contributed by atoms with Crippen LogP contribution in [0.1, 0.15) is 84.8 Å². The molecule has 3 aromatic rings. The summed E-state index contributed by atoms with van der Waals surface area (Å²) in [5, 5.41) is 0.742. The molecule has 0 saturated heterocycles. The maximum absolute atomic E-state index is 2.65. The van der Waals surface area contributed by atoms with Crippen LogP contribution in [0.25, 0.3) is 12.2 Å². The first-order valence-corrected chi connectivity index (χ1v) is 16.3. The lowest BCUT2D eigenvalue weighted by Gasteiger charge is -2.40. The van der Waals surface area contributed by atoms with E-state index in [0.29, 0.717) is 16.5 Å². The molecular formula is C38H38N2S. The number of thioether (sulfide) groups is 1. The summed E-state index contributed by atoms with van der Waals surface area (Å²) in [5.41, 5.74) is 17.4. The number of hydrogen-bond donors (Lipinski definition) is 0. The Morgan fingerprint density at radius 2 is 1.41 bits per heavy atom. The van der Waals surface area contributed by atoms with Gasteiger partial charge < -0.3 is 9.80 Å². The lowest BCUT2D eigenvalue weighted by molar-refractivity contribution is 0.576. The van der Waals surface area contributed by atoms with Crippen LogP contribution in [0, 0.1) is 0 Å². The lowest BCUT2D eigenvalue weighted by Crippen LogP contribution is -2.37. The monoisotopic (exact) mass is 554 g/mol. The minimum Gasteiger partial charge on any atom is -0.340 e. The molecular weight excluding hydrogens is 516 g/mol. The van der Waals surface area contributed by atoms with Gasteiger partial charge in [0.15, 0.2) is 0 Å².